The minimum Gasteiger partial charge on any atom is -0.469 e. The number of carbonyl (C=O) groups is 1. The minimum atomic E-state index is -0.517. The van der Waals surface area contributed by atoms with Gasteiger partial charge in [0, 0.05) is 11.6 Å². The van der Waals surface area contributed by atoms with Gasteiger partial charge in [-0.25, -0.2) is 9.48 Å². The Morgan fingerprint density at radius 2 is 2.00 bits per heavy atom. The summed E-state index contributed by atoms with van der Waals surface area (Å²) in [5, 5.41) is 5.22. The van der Waals surface area contributed by atoms with E-state index in [1.807, 2.05) is 6.07 Å². The van der Waals surface area contributed by atoms with Gasteiger partial charge in [-0.2, -0.15) is 5.10 Å². The number of aromatic nitrogens is 2. The van der Waals surface area contributed by atoms with Crippen LogP contribution in [-0.2, 0) is 0 Å². The van der Waals surface area contributed by atoms with Gasteiger partial charge in [-0.3, -0.25) is 4.79 Å². The summed E-state index contributed by atoms with van der Waals surface area (Å²) < 4.78 is 11.5. The molecule has 0 fully saturated rings. The van der Waals surface area contributed by atoms with Gasteiger partial charge in [-0.1, -0.05) is 12.1 Å². The Morgan fingerprint density at radius 3 is 2.77 bits per heavy atom. The van der Waals surface area contributed by atoms with Crippen molar-refractivity contribution < 1.29 is 13.6 Å². The molecule has 0 aliphatic rings. The highest BCUT2D eigenvalue weighted by Gasteiger charge is 2.18. The van der Waals surface area contributed by atoms with E-state index < -0.39 is 5.63 Å². The Morgan fingerprint density at radius 1 is 1.18 bits per heavy atom. The molecule has 0 N–H and O–H groups in total. The Kier molecular flexibility index (Phi) is 2.53. The first-order chi connectivity index (χ1) is 10.6. The molecule has 108 valence electrons. The largest absolute Gasteiger partial charge is 0.469 e. The lowest BCUT2D eigenvalue weighted by Gasteiger charge is -1.97. The summed E-state index contributed by atoms with van der Waals surface area (Å²) in [6, 6.07) is 8.66. The van der Waals surface area contributed by atoms with Crippen LogP contribution < -0.4 is 5.63 Å². The van der Waals surface area contributed by atoms with Gasteiger partial charge >= 0.3 is 5.63 Å². The zero-order chi connectivity index (χ0) is 15.3. The van der Waals surface area contributed by atoms with Crippen LogP contribution in [0, 0.1) is 6.92 Å². The maximum atomic E-state index is 12.5. The molecule has 1 aromatic carbocycles. The molecule has 0 atom stereocenters. The number of para-hydroxylation sites is 1. The molecule has 0 radical (unpaired) electrons. The summed E-state index contributed by atoms with van der Waals surface area (Å²) in [5.74, 6) is 0.146. The van der Waals surface area contributed by atoms with Crippen LogP contribution in [0.15, 0.2) is 56.4 Å². The van der Waals surface area contributed by atoms with E-state index in [0.29, 0.717) is 27.8 Å². The summed E-state index contributed by atoms with van der Waals surface area (Å²) in [6.45, 7) is 1.69. The van der Waals surface area contributed by atoms with Crippen molar-refractivity contribution in [3.63, 3.8) is 0 Å². The van der Waals surface area contributed by atoms with E-state index in [1.54, 1.807) is 31.2 Å². The van der Waals surface area contributed by atoms with Crippen molar-refractivity contribution in [2.75, 3.05) is 0 Å². The third-order valence-corrected chi connectivity index (χ3v) is 3.58. The Bertz CT molecular complexity index is 1080. The first-order valence-electron chi connectivity index (χ1n) is 6.65. The Hall–Kier alpha value is -3.15. The van der Waals surface area contributed by atoms with Crippen LogP contribution in [-0.4, -0.2) is 15.7 Å². The van der Waals surface area contributed by atoms with Gasteiger partial charge in [0.15, 0.2) is 0 Å². The summed E-state index contributed by atoms with van der Waals surface area (Å²) in [7, 11) is 0. The van der Waals surface area contributed by atoms with E-state index in [9.17, 15) is 9.59 Å². The quantitative estimate of drug-likeness (QED) is 0.504. The fourth-order valence-electron chi connectivity index (χ4n) is 2.46. The second-order valence-electron chi connectivity index (χ2n) is 4.92. The predicted molar refractivity (Wildman–Crippen MR) is 78.9 cm³/mol. The van der Waals surface area contributed by atoms with Crippen LogP contribution in [0.1, 0.15) is 16.1 Å². The fourth-order valence-corrected chi connectivity index (χ4v) is 2.46. The number of nitrogens with zero attached hydrogens (tertiary/aromatic N) is 2. The monoisotopic (exact) mass is 294 g/mol. The van der Waals surface area contributed by atoms with E-state index in [1.165, 1.54) is 12.5 Å². The van der Waals surface area contributed by atoms with E-state index >= 15 is 0 Å². The number of hydrogen-bond donors (Lipinski definition) is 0. The molecule has 22 heavy (non-hydrogen) atoms. The first-order valence-corrected chi connectivity index (χ1v) is 6.65. The number of hydrogen-bond acceptors (Lipinski definition) is 5. The highest BCUT2D eigenvalue weighted by atomic mass is 16.4. The van der Waals surface area contributed by atoms with E-state index in [4.69, 9.17) is 8.83 Å². The summed E-state index contributed by atoms with van der Waals surface area (Å²) in [4.78, 5) is 24.5. The van der Waals surface area contributed by atoms with Crippen LogP contribution in [0.4, 0.5) is 0 Å². The van der Waals surface area contributed by atoms with Gasteiger partial charge in [-0.15, -0.1) is 0 Å². The van der Waals surface area contributed by atoms with Crippen molar-refractivity contribution in [1.82, 2.24) is 9.78 Å². The number of aryl methyl sites for hydroxylation is 1. The van der Waals surface area contributed by atoms with Gasteiger partial charge in [0.1, 0.15) is 22.2 Å². The van der Waals surface area contributed by atoms with E-state index in [-0.39, 0.29) is 11.3 Å². The summed E-state index contributed by atoms with van der Waals surface area (Å²) in [6.07, 6.45) is 2.83. The molecule has 0 unspecified atom stereocenters. The second kappa shape index (κ2) is 4.42. The van der Waals surface area contributed by atoms with Gasteiger partial charge in [0.25, 0.3) is 5.91 Å². The number of benzene rings is 1. The molecule has 0 saturated heterocycles. The molecule has 0 spiro atoms. The second-order valence-corrected chi connectivity index (χ2v) is 4.92. The lowest BCUT2D eigenvalue weighted by molar-refractivity contribution is 0.0944. The minimum absolute atomic E-state index is 0.271. The molecule has 0 aliphatic heterocycles. The van der Waals surface area contributed by atoms with Crippen molar-refractivity contribution in [1.29, 1.82) is 0 Å². The van der Waals surface area contributed by atoms with Gasteiger partial charge in [-0.05, 0) is 25.1 Å². The zero-order valence-electron chi connectivity index (χ0n) is 11.6. The molecule has 0 amide bonds. The van der Waals surface area contributed by atoms with Crippen LogP contribution in [0.3, 0.4) is 0 Å². The molecule has 4 aromatic rings. The first kappa shape index (κ1) is 12.6. The van der Waals surface area contributed by atoms with Gasteiger partial charge in [0.05, 0.1) is 11.8 Å². The molecular formula is C16H10N2O4. The molecule has 0 aliphatic carbocycles. The highest BCUT2D eigenvalue weighted by Crippen LogP contribution is 2.21. The lowest BCUT2D eigenvalue weighted by atomic mass is 10.2. The third-order valence-electron chi connectivity index (χ3n) is 3.58. The average molecular weight is 294 g/mol. The normalized spacial score (nSPS) is 11.3. The van der Waals surface area contributed by atoms with Crippen LogP contribution in [0.25, 0.3) is 21.9 Å². The Balaban J connectivity index is 2.00. The van der Waals surface area contributed by atoms with Crippen LogP contribution >= 0.6 is 0 Å². The number of rotatable bonds is 1. The zero-order valence-corrected chi connectivity index (χ0v) is 11.6. The fraction of sp³-hybridized carbons (Fsp3) is 0.0625. The summed E-state index contributed by atoms with van der Waals surface area (Å²) in [5.41, 5.74) is 0.775. The number of furan rings is 1. The molecular weight excluding hydrogens is 284 g/mol. The van der Waals surface area contributed by atoms with Gasteiger partial charge in [0.2, 0.25) is 0 Å². The molecule has 0 bridgehead atoms. The SMILES string of the molecule is Cc1occc1C(=O)n1cc2c(=O)oc3ccccc3c2n1. The third kappa shape index (κ3) is 1.70. The number of fused-ring (bicyclic) bond motifs is 3. The van der Waals surface area contributed by atoms with Crippen LogP contribution in [0.2, 0.25) is 0 Å². The maximum Gasteiger partial charge on any atom is 0.347 e. The topological polar surface area (TPSA) is 78.2 Å². The van der Waals surface area contributed by atoms with E-state index in [0.717, 1.165) is 4.68 Å². The average Bonchev–Trinajstić information content (AvgIpc) is 3.13. The van der Waals surface area contributed by atoms with Crippen molar-refractivity contribution in [3.05, 3.63) is 64.5 Å². The molecule has 6 heteroatoms. The maximum absolute atomic E-state index is 12.5. The van der Waals surface area contributed by atoms with Crippen molar-refractivity contribution in [2.24, 2.45) is 0 Å². The van der Waals surface area contributed by atoms with Crippen LogP contribution in [0.5, 0.6) is 0 Å². The van der Waals surface area contributed by atoms with E-state index in [2.05, 4.69) is 5.10 Å². The predicted octanol–water partition coefficient (Wildman–Crippen LogP) is 2.73. The molecule has 3 heterocycles. The Labute approximate surface area is 123 Å². The molecule has 4 rings (SSSR count). The number of carbonyl (C=O) groups excluding carboxylic acids is 1. The molecule has 0 saturated carbocycles. The summed E-state index contributed by atoms with van der Waals surface area (Å²) >= 11 is 0. The highest BCUT2D eigenvalue weighted by molar-refractivity contribution is 6.04. The smallest absolute Gasteiger partial charge is 0.347 e. The molecule has 3 aromatic heterocycles. The van der Waals surface area contributed by atoms with Gasteiger partial charge < -0.3 is 8.83 Å². The van der Waals surface area contributed by atoms with Crippen molar-refractivity contribution in [3.8, 4) is 0 Å². The standard InChI is InChI=1S/C16H10N2O4/c1-9-10(6-7-21-9)15(19)18-8-12-14(17-18)11-4-2-3-5-13(11)22-16(12)20/h2-8H,1H3. The van der Waals surface area contributed by atoms with Crippen molar-refractivity contribution in [2.45, 2.75) is 6.92 Å². The van der Waals surface area contributed by atoms with Crippen molar-refractivity contribution >= 4 is 27.8 Å². The lowest BCUT2D eigenvalue weighted by Crippen LogP contribution is -2.12. The molecule has 6 nitrogen and oxygen atoms in total.